The minimum Gasteiger partial charge on any atom is -0.462 e. The van der Waals surface area contributed by atoms with E-state index in [4.69, 9.17) is 4.74 Å². The summed E-state index contributed by atoms with van der Waals surface area (Å²) in [6.45, 7) is 5.91. The summed E-state index contributed by atoms with van der Waals surface area (Å²) in [5.74, 6) is 0.127. The first-order valence-corrected chi connectivity index (χ1v) is 8.38. The molecule has 0 saturated carbocycles. The maximum absolute atomic E-state index is 11.5. The van der Waals surface area contributed by atoms with E-state index in [2.05, 4.69) is 15.0 Å². The van der Waals surface area contributed by atoms with Crippen molar-refractivity contribution >= 4 is 21.8 Å². The fourth-order valence-electron chi connectivity index (χ4n) is 1.68. The number of hydrogen-bond donors (Lipinski definition) is 2. The molecule has 0 saturated heterocycles. The van der Waals surface area contributed by atoms with Gasteiger partial charge in [0.2, 0.25) is 10.0 Å². The number of rotatable bonds is 7. The molecule has 0 atom stereocenters. The van der Waals surface area contributed by atoms with Crippen LogP contribution in [0.2, 0.25) is 0 Å². The minimum atomic E-state index is -3.28. The second-order valence-corrected chi connectivity index (χ2v) is 7.01. The van der Waals surface area contributed by atoms with E-state index in [1.54, 1.807) is 32.9 Å². The van der Waals surface area contributed by atoms with E-state index in [0.717, 1.165) is 6.26 Å². The molecule has 0 amide bonds. The largest absolute Gasteiger partial charge is 0.462 e. The fourth-order valence-corrected chi connectivity index (χ4v) is 2.76. The Bertz CT molecular complexity index is 582. The molecule has 0 fully saturated rings. The molecule has 0 aliphatic rings. The summed E-state index contributed by atoms with van der Waals surface area (Å²) < 4.78 is 29.8. The Morgan fingerprint density at radius 3 is 2.52 bits per heavy atom. The molecule has 1 aromatic heterocycles. The molecule has 7 nitrogen and oxygen atoms in total. The van der Waals surface area contributed by atoms with Crippen molar-refractivity contribution in [1.82, 2.24) is 9.71 Å². The highest BCUT2D eigenvalue weighted by Crippen LogP contribution is 2.09. The highest BCUT2D eigenvalue weighted by atomic mass is 32.2. The van der Waals surface area contributed by atoms with E-state index in [9.17, 15) is 13.2 Å². The Morgan fingerprint density at radius 1 is 1.38 bits per heavy atom. The molecule has 0 aliphatic carbocycles. The van der Waals surface area contributed by atoms with Gasteiger partial charge < -0.3 is 10.1 Å². The van der Waals surface area contributed by atoms with Gasteiger partial charge in [0.1, 0.15) is 5.82 Å². The van der Waals surface area contributed by atoms with Crippen LogP contribution >= 0.6 is 0 Å². The number of esters is 1. The van der Waals surface area contributed by atoms with Crippen LogP contribution in [0.4, 0.5) is 5.82 Å². The van der Waals surface area contributed by atoms with Crippen LogP contribution in [-0.4, -0.2) is 44.3 Å². The van der Waals surface area contributed by atoms with Gasteiger partial charge in [-0.3, -0.25) is 0 Å². The van der Waals surface area contributed by atoms with Crippen LogP contribution in [0.15, 0.2) is 18.3 Å². The predicted molar refractivity (Wildman–Crippen MR) is 80.7 cm³/mol. The first kappa shape index (κ1) is 17.4. The average molecular weight is 315 g/mol. The number of nitrogens with one attached hydrogen (secondary N) is 2. The van der Waals surface area contributed by atoms with Crippen molar-refractivity contribution in [2.24, 2.45) is 0 Å². The number of hydrogen-bond acceptors (Lipinski definition) is 6. The van der Waals surface area contributed by atoms with Gasteiger partial charge in [-0.05, 0) is 32.9 Å². The lowest BCUT2D eigenvalue weighted by Crippen LogP contribution is -2.47. The molecule has 0 radical (unpaired) electrons. The van der Waals surface area contributed by atoms with Crippen LogP contribution in [0.1, 0.15) is 31.1 Å². The normalized spacial score (nSPS) is 12.0. The van der Waals surface area contributed by atoms with Gasteiger partial charge in [-0.15, -0.1) is 0 Å². The Balaban J connectivity index is 2.62. The zero-order chi connectivity index (χ0) is 16.1. The van der Waals surface area contributed by atoms with Gasteiger partial charge in [0.25, 0.3) is 0 Å². The number of carbonyl (C=O) groups is 1. The lowest BCUT2D eigenvalue weighted by molar-refractivity contribution is 0.0526. The average Bonchev–Trinajstić information content (AvgIpc) is 2.34. The van der Waals surface area contributed by atoms with Crippen LogP contribution in [-0.2, 0) is 14.8 Å². The van der Waals surface area contributed by atoms with Crippen LogP contribution in [0, 0.1) is 0 Å². The molecule has 1 heterocycles. The molecular weight excluding hydrogens is 294 g/mol. The number of aromatic nitrogens is 1. The lowest BCUT2D eigenvalue weighted by atomic mass is 10.1. The van der Waals surface area contributed by atoms with E-state index in [1.165, 1.54) is 6.20 Å². The summed E-state index contributed by atoms with van der Waals surface area (Å²) in [5.41, 5.74) is -0.286. The Labute approximate surface area is 125 Å². The fraction of sp³-hybridized carbons (Fsp3) is 0.538. The van der Waals surface area contributed by atoms with Gasteiger partial charge in [0.15, 0.2) is 0 Å². The summed E-state index contributed by atoms with van der Waals surface area (Å²) >= 11 is 0. The molecule has 1 rings (SSSR count). The highest BCUT2D eigenvalue weighted by molar-refractivity contribution is 7.88. The monoisotopic (exact) mass is 315 g/mol. The van der Waals surface area contributed by atoms with E-state index in [1.807, 2.05) is 0 Å². The minimum absolute atomic E-state index is 0.310. The molecule has 0 aromatic carbocycles. The van der Waals surface area contributed by atoms with Crippen molar-refractivity contribution in [2.45, 2.75) is 26.3 Å². The molecule has 118 valence electrons. The lowest BCUT2D eigenvalue weighted by Gasteiger charge is -2.25. The van der Waals surface area contributed by atoms with Crippen molar-refractivity contribution in [3.8, 4) is 0 Å². The third-order valence-electron chi connectivity index (χ3n) is 2.45. The molecule has 1 aromatic rings. The number of ether oxygens (including phenoxy) is 1. The van der Waals surface area contributed by atoms with Gasteiger partial charge in [0, 0.05) is 18.3 Å². The SMILES string of the molecule is CCOC(=O)c1ccc(NCC(C)(C)NS(C)(=O)=O)nc1. The maximum atomic E-state index is 11.5. The standard InChI is InChI=1S/C13H21N3O4S/c1-5-20-12(17)10-6-7-11(14-8-10)15-9-13(2,3)16-21(4,18)19/h6-8,16H,5,9H2,1-4H3,(H,14,15). The van der Waals surface area contributed by atoms with Crippen molar-refractivity contribution in [3.05, 3.63) is 23.9 Å². The second-order valence-electron chi connectivity index (χ2n) is 5.26. The number of anilines is 1. The van der Waals surface area contributed by atoms with E-state index >= 15 is 0 Å². The Morgan fingerprint density at radius 2 is 2.05 bits per heavy atom. The Kier molecular flexibility index (Phi) is 5.68. The van der Waals surface area contributed by atoms with Crippen molar-refractivity contribution in [2.75, 3.05) is 24.7 Å². The number of nitrogens with zero attached hydrogens (tertiary/aromatic N) is 1. The number of carbonyl (C=O) groups excluding carboxylic acids is 1. The number of sulfonamides is 1. The summed E-state index contributed by atoms with van der Waals surface area (Å²) in [6.07, 6.45) is 2.53. The third-order valence-corrected chi connectivity index (χ3v) is 3.37. The van der Waals surface area contributed by atoms with E-state index in [0.29, 0.717) is 24.5 Å². The zero-order valence-electron chi connectivity index (χ0n) is 12.6. The second kappa shape index (κ2) is 6.86. The Hall–Kier alpha value is -1.67. The van der Waals surface area contributed by atoms with Crippen LogP contribution in [0.25, 0.3) is 0 Å². The summed E-state index contributed by atoms with van der Waals surface area (Å²) in [6, 6.07) is 3.24. The van der Waals surface area contributed by atoms with Crippen molar-refractivity contribution in [3.63, 3.8) is 0 Å². The smallest absolute Gasteiger partial charge is 0.339 e. The van der Waals surface area contributed by atoms with Gasteiger partial charge in [0.05, 0.1) is 18.4 Å². The first-order valence-electron chi connectivity index (χ1n) is 6.49. The molecule has 0 unspecified atom stereocenters. The van der Waals surface area contributed by atoms with Crippen molar-refractivity contribution < 1.29 is 17.9 Å². The summed E-state index contributed by atoms with van der Waals surface area (Å²) in [7, 11) is -3.28. The van der Waals surface area contributed by atoms with Gasteiger partial charge in [-0.25, -0.2) is 22.9 Å². The zero-order valence-corrected chi connectivity index (χ0v) is 13.5. The highest BCUT2D eigenvalue weighted by Gasteiger charge is 2.21. The molecule has 0 bridgehead atoms. The first-order chi connectivity index (χ1) is 9.63. The molecule has 0 spiro atoms. The van der Waals surface area contributed by atoms with Crippen LogP contribution in [0.3, 0.4) is 0 Å². The van der Waals surface area contributed by atoms with Gasteiger partial charge >= 0.3 is 5.97 Å². The predicted octanol–water partition coefficient (Wildman–Crippen LogP) is 0.998. The van der Waals surface area contributed by atoms with Crippen LogP contribution in [0.5, 0.6) is 0 Å². The summed E-state index contributed by atoms with van der Waals surface area (Å²) in [4.78, 5) is 15.6. The molecule has 0 aliphatic heterocycles. The molecule has 21 heavy (non-hydrogen) atoms. The third kappa shape index (κ3) is 6.54. The molecule has 2 N–H and O–H groups in total. The quantitative estimate of drug-likeness (QED) is 0.729. The summed E-state index contributed by atoms with van der Waals surface area (Å²) in [5, 5.41) is 3.02. The van der Waals surface area contributed by atoms with E-state index < -0.39 is 21.5 Å². The van der Waals surface area contributed by atoms with Crippen molar-refractivity contribution in [1.29, 1.82) is 0 Å². The van der Waals surface area contributed by atoms with Gasteiger partial charge in [-0.2, -0.15) is 0 Å². The van der Waals surface area contributed by atoms with Gasteiger partial charge in [-0.1, -0.05) is 0 Å². The molecular formula is C13H21N3O4S. The maximum Gasteiger partial charge on any atom is 0.339 e. The molecule has 8 heteroatoms. The number of pyridine rings is 1. The topological polar surface area (TPSA) is 97.4 Å². The van der Waals surface area contributed by atoms with E-state index in [-0.39, 0.29) is 0 Å². The van der Waals surface area contributed by atoms with Crippen LogP contribution < -0.4 is 10.0 Å².